The first-order valence-corrected chi connectivity index (χ1v) is 10.7. The highest BCUT2D eigenvalue weighted by atomic mass is 16.3. The molecule has 1 aromatic carbocycles. The summed E-state index contributed by atoms with van der Waals surface area (Å²) in [7, 11) is 2.12. The molecule has 2 aromatic heterocycles. The van der Waals surface area contributed by atoms with Gasteiger partial charge >= 0.3 is 0 Å². The molecule has 2 aliphatic rings. The molecule has 0 aliphatic carbocycles. The van der Waals surface area contributed by atoms with Gasteiger partial charge in [-0.3, -0.25) is 5.10 Å². The van der Waals surface area contributed by atoms with Crippen LogP contribution >= 0.6 is 0 Å². The standard InChI is InChI=1S/C23H28N6O/c1-14-20(13-24-26-14)15-6-7-19(22(30)10-15)21-8-9-23(28-27-21)29(2)18-11-16-4-3-5-17(12-18)25-16/h6-10,13,16-18,25,30H,3-5,11-12H2,1-2H3,(H,24,26)/t16-,17+,18?. The fraction of sp³-hybridized carbons (Fsp3) is 0.435. The second-order valence-corrected chi connectivity index (χ2v) is 8.64. The highest BCUT2D eigenvalue weighted by molar-refractivity contribution is 5.75. The predicted octanol–water partition coefficient (Wildman–Crippen LogP) is 3.66. The van der Waals surface area contributed by atoms with Crippen molar-refractivity contribution < 1.29 is 5.11 Å². The summed E-state index contributed by atoms with van der Waals surface area (Å²) in [6, 6.07) is 11.3. The molecule has 156 valence electrons. The van der Waals surface area contributed by atoms with Crippen molar-refractivity contribution >= 4 is 5.82 Å². The van der Waals surface area contributed by atoms with Crippen LogP contribution < -0.4 is 10.2 Å². The number of H-pyrrole nitrogens is 1. The van der Waals surface area contributed by atoms with Crippen molar-refractivity contribution in [3.8, 4) is 28.1 Å². The Morgan fingerprint density at radius 1 is 1.03 bits per heavy atom. The monoisotopic (exact) mass is 404 g/mol. The van der Waals surface area contributed by atoms with Crippen molar-refractivity contribution in [3.63, 3.8) is 0 Å². The number of hydrogen-bond acceptors (Lipinski definition) is 6. The highest BCUT2D eigenvalue weighted by Gasteiger charge is 2.33. The van der Waals surface area contributed by atoms with E-state index in [0.29, 0.717) is 29.4 Å². The van der Waals surface area contributed by atoms with Gasteiger partial charge in [0.2, 0.25) is 0 Å². The van der Waals surface area contributed by atoms with E-state index in [1.807, 2.05) is 31.2 Å². The lowest BCUT2D eigenvalue weighted by Gasteiger charge is -2.43. The smallest absolute Gasteiger partial charge is 0.151 e. The molecule has 5 rings (SSSR count). The van der Waals surface area contributed by atoms with E-state index in [2.05, 4.69) is 37.7 Å². The van der Waals surface area contributed by atoms with Crippen LogP contribution in [-0.4, -0.2) is 50.7 Å². The van der Waals surface area contributed by atoms with Crippen LogP contribution in [0.25, 0.3) is 22.4 Å². The fourth-order valence-corrected chi connectivity index (χ4v) is 4.95. The number of aromatic hydroxyl groups is 1. The van der Waals surface area contributed by atoms with Gasteiger partial charge in [-0.25, -0.2) is 0 Å². The van der Waals surface area contributed by atoms with E-state index in [-0.39, 0.29) is 5.75 Å². The normalized spacial score (nSPS) is 23.3. The van der Waals surface area contributed by atoms with Crippen LogP contribution in [0.1, 0.15) is 37.8 Å². The molecule has 3 aromatic rings. The molecule has 30 heavy (non-hydrogen) atoms. The minimum Gasteiger partial charge on any atom is -0.507 e. The van der Waals surface area contributed by atoms with Crippen molar-refractivity contribution in [1.82, 2.24) is 25.7 Å². The van der Waals surface area contributed by atoms with Gasteiger partial charge in [0.05, 0.1) is 11.9 Å². The molecule has 2 aliphatic heterocycles. The van der Waals surface area contributed by atoms with Crippen molar-refractivity contribution in [2.45, 2.75) is 57.2 Å². The zero-order valence-electron chi connectivity index (χ0n) is 17.5. The van der Waals surface area contributed by atoms with Gasteiger partial charge in [-0.15, -0.1) is 10.2 Å². The van der Waals surface area contributed by atoms with Crippen molar-refractivity contribution in [3.05, 3.63) is 42.2 Å². The fourth-order valence-electron chi connectivity index (χ4n) is 4.95. The van der Waals surface area contributed by atoms with E-state index >= 15 is 0 Å². The number of benzene rings is 1. The summed E-state index contributed by atoms with van der Waals surface area (Å²) in [5.74, 6) is 1.07. The SMILES string of the molecule is Cc1[nH]ncc1-c1ccc(-c2ccc(N(C)C3C[C@H]4CCC[C@@H](C3)N4)nn2)c(O)c1. The number of nitrogens with one attached hydrogen (secondary N) is 2. The molecule has 3 N–H and O–H groups in total. The average molecular weight is 405 g/mol. The third kappa shape index (κ3) is 3.54. The largest absolute Gasteiger partial charge is 0.507 e. The van der Waals surface area contributed by atoms with Crippen LogP contribution in [0.15, 0.2) is 36.5 Å². The van der Waals surface area contributed by atoms with Gasteiger partial charge in [0.25, 0.3) is 0 Å². The highest BCUT2D eigenvalue weighted by Crippen LogP contribution is 2.34. The molecule has 2 saturated heterocycles. The number of nitrogens with zero attached hydrogens (tertiary/aromatic N) is 4. The molecular formula is C23H28N6O. The summed E-state index contributed by atoms with van der Waals surface area (Å²) in [4.78, 5) is 2.27. The van der Waals surface area contributed by atoms with Crippen LogP contribution in [0.2, 0.25) is 0 Å². The first-order chi connectivity index (χ1) is 14.6. The Morgan fingerprint density at radius 2 is 1.83 bits per heavy atom. The Kier molecular flexibility index (Phi) is 4.90. The van der Waals surface area contributed by atoms with Gasteiger partial charge in [-0.05, 0) is 62.4 Å². The third-order valence-corrected chi connectivity index (χ3v) is 6.66. The van der Waals surface area contributed by atoms with E-state index < -0.39 is 0 Å². The van der Waals surface area contributed by atoms with Crippen molar-refractivity contribution in [2.24, 2.45) is 0 Å². The second-order valence-electron chi connectivity index (χ2n) is 8.64. The second kappa shape index (κ2) is 7.72. The lowest BCUT2D eigenvalue weighted by atomic mass is 9.83. The molecule has 7 heteroatoms. The van der Waals surface area contributed by atoms with Crippen molar-refractivity contribution in [2.75, 3.05) is 11.9 Å². The summed E-state index contributed by atoms with van der Waals surface area (Å²) in [6.45, 7) is 1.96. The maximum absolute atomic E-state index is 10.6. The van der Waals surface area contributed by atoms with Gasteiger partial charge < -0.3 is 15.3 Å². The number of aryl methyl sites for hydroxylation is 1. The summed E-state index contributed by atoms with van der Waals surface area (Å²) in [6.07, 6.45) is 7.98. The van der Waals surface area contributed by atoms with E-state index in [1.165, 1.54) is 19.3 Å². The summed E-state index contributed by atoms with van der Waals surface area (Å²) in [5.41, 5.74) is 4.21. The van der Waals surface area contributed by atoms with Crippen LogP contribution in [0.3, 0.4) is 0 Å². The zero-order chi connectivity index (χ0) is 20.7. The molecule has 2 bridgehead atoms. The molecule has 0 radical (unpaired) electrons. The maximum atomic E-state index is 10.6. The molecule has 3 atom stereocenters. The van der Waals surface area contributed by atoms with Crippen LogP contribution in [0.4, 0.5) is 5.82 Å². The van der Waals surface area contributed by atoms with Crippen LogP contribution in [0, 0.1) is 6.92 Å². The van der Waals surface area contributed by atoms with Gasteiger partial charge in [0, 0.05) is 42.0 Å². The Morgan fingerprint density at radius 3 is 2.47 bits per heavy atom. The number of aromatic amines is 1. The summed E-state index contributed by atoms with van der Waals surface area (Å²) >= 11 is 0. The lowest BCUT2D eigenvalue weighted by Crippen LogP contribution is -2.54. The van der Waals surface area contributed by atoms with Crippen LogP contribution in [0.5, 0.6) is 5.75 Å². The first kappa shape index (κ1) is 19.1. The number of hydrogen-bond donors (Lipinski definition) is 3. The zero-order valence-corrected chi connectivity index (χ0v) is 17.5. The Bertz CT molecular complexity index is 1020. The minimum absolute atomic E-state index is 0.190. The number of anilines is 1. The number of phenolic OH excluding ortho intramolecular Hbond substituents is 1. The topological polar surface area (TPSA) is 90.0 Å². The van der Waals surface area contributed by atoms with E-state index in [9.17, 15) is 5.11 Å². The Labute approximate surface area is 176 Å². The Balaban J connectivity index is 1.34. The average Bonchev–Trinajstić information content (AvgIpc) is 3.19. The van der Waals surface area contributed by atoms with E-state index in [4.69, 9.17) is 0 Å². The molecule has 7 nitrogen and oxygen atoms in total. The van der Waals surface area contributed by atoms with E-state index in [0.717, 1.165) is 35.5 Å². The predicted molar refractivity (Wildman–Crippen MR) is 117 cm³/mol. The molecule has 0 spiro atoms. The number of piperidine rings is 2. The number of rotatable bonds is 4. The molecule has 0 saturated carbocycles. The maximum Gasteiger partial charge on any atom is 0.151 e. The number of fused-ring (bicyclic) bond motifs is 2. The number of phenols is 1. The number of aromatic nitrogens is 4. The molecule has 4 heterocycles. The van der Waals surface area contributed by atoms with Gasteiger partial charge in [-0.1, -0.05) is 12.5 Å². The molecule has 2 fully saturated rings. The molecular weight excluding hydrogens is 376 g/mol. The minimum atomic E-state index is 0.190. The summed E-state index contributed by atoms with van der Waals surface area (Å²) < 4.78 is 0. The summed E-state index contributed by atoms with van der Waals surface area (Å²) in [5, 5.41) is 30.2. The first-order valence-electron chi connectivity index (χ1n) is 10.7. The Hall–Kier alpha value is -2.93. The quantitative estimate of drug-likeness (QED) is 0.615. The van der Waals surface area contributed by atoms with Crippen molar-refractivity contribution in [1.29, 1.82) is 0 Å². The van der Waals surface area contributed by atoms with Gasteiger partial charge in [0.15, 0.2) is 5.82 Å². The van der Waals surface area contributed by atoms with Crippen LogP contribution in [-0.2, 0) is 0 Å². The lowest BCUT2D eigenvalue weighted by molar-refractivity contribution is 0.219. The third-order valence-electron chi connectivity index (χ3n) is 6.66. The molecule has 0 amide bonds. The van der Waals surface area contributed by atoms with E-state index in [1.54, 1.807) is 12.3 Å². The van der Waals surface area contributed by atoms with Gasteiger partial charge in [-0.2, -0.15) is 5.10 Å². The molecule has 1 unspecified atom stereocenters. The van der Waals surface area contributed by atoms with Gasteiger partial charge in [0.1, 0.15) is 5.75 Å².